The topological polar surface area (TPSA) is 54.5 Å². The van der Waals surface area contributed by atoms with Gasteiger partial charge in [0.2, 0.25) is 5.91 Å². The highest BCUT2D eigenvalue weighted by molar-refractivity contribution is 9.10. The highest BCUT2D eigenvalue weighted by atomic mass is 79.9. The van der Waals surface area contributed by atoms with Gasteiger partial charge in [-0.05, 0) is 41.3 Å². The van der Waals surface area contributed by atoms with Crippen LogP contribution in [0.15, 0.2) is 22.9 Å². The fraction of sp³-hybridized carbons (Fsp3) is 0.600. The maximum Gasteiger partial charge on any atom is 0.225 e. The molecule has 0 aromatic carbocycles. The highest BCUT2D eigenvalue weighted by Crippen LogP contribution is 2.29. The predicted molar refractivity (Wildman–Crippen MR) is 84.2 cm³/mol. The third-order valence-corrected chi connectivity index (χ3v) is 4.83. The summed E-state index contributed by atoms with van der Waals surface area (Å²) in [6.45, 7) is 3.20. The van der Waals surface area contributed by atoms with Crippen molar-refractivity contribution in [1.82, 2.24) is 10.3 Å². The summed E-state index contributed by atoms with van der Waals surface area (Å²) in [5, 5.41) is 3.18. The summed E-state index contributed by atoms with van der Waals surface area (Å²) < 4.78 is 6.31. The first kappa shape index (κ1) is 14.8. The molecule has 0 saturated carbocycles. The minimum absolute atomic E-state index is 0.0768. The maximum atomic E-state index is 12.4. The highest BCUT2D eigenvalue weighted by Gasteiger charge is 2.30. The van der Waals surface area contributed by atoms with E-state index in [0.717, 1.165) is 55.7 Å². The lowest BCUT2D eigenvalue weighted by atomic mass is 10.1. The molecule has 1 amide bonds. The Balaban J connectivity index is 1.56. The van der Waals surface area contributed by atoms with E-state index in [1.807, 2.05) is 6.07 Å². The molecule has 114 valence electrons. The maximum absolute atomic E-state index is 12.4. The van der Waals surface area contributed by atoms with Crippen LogP contribution in [0.4, 0.5) is 5.69 Å². The Morgan fingerprint density at radius 3 is 2.95 bits per heavy atom. The monoisotopic (exact) mass is 353 g/mol. The summed E-state index contributed by atoms with van der Waals surface area (Å²) in [6.07, 6.45) is 6.35. The molecular weight excluding hydrogens is 334 g/mol. The van der Waals surface area contributed by atoms with E-state index in [9.17, 15) is 4.79 Å². The zero-order valence-corrected chi connectivity index (χ0v) is 13.5. The fourth-order valence-electron chi connectivity index (χ4n) is 2.98. The van der Waals surface area contributed by atoms with Gasteiger partial charge in [-0.1, -0.05) is 0 Å². The summed E-state index contributed by atoms with van der Waals surface area (Å²) in [5.41, 5.74) is 1.12. The largest absolute Gasteiger partial charge is 0.381 e. The number of hydrogen-bond donors (Lipinski definition) is 1. The van der Waals surface area contributed by atoms with E-state index in [0.29, 0.717) is 0 Å². The molecule has 2 aliphatic rings. The molecule has 21 heavy (non-hydrogen) atoms. The first-order valence-electron chi connectivity index (χ1n) is 7.46. The fourth-order valence-corrected chi connectivity index (χ4v) is 3.48. The van der Waals surface area contributed by atoms with Crippen molar-refractivity contribution in [2.24, 2.45) is 5.92 Å². The first-order valence-corrected chi connectivity index (χ1v) is 8.26. The molecule has 1 aromatic rings. The van der Waals surface area contributed by atoms with Crippen LogP contribution in [0.25, 0.3) is 0 Å². The van der Waals surface area contributed by atoms with Crippen LogP contribution >= 0.6 is 15.9 Å². The van der Waals surface area contributed by atoms with Crippen LogP contribution in [0.5, 0.6) is 0 Å². The van der Waals surface area contributed by atoms with Gasteiger partial charge in [0.1, 0.15) is 0 Å². The number of carbonyl (C=O) groups excluding carboxylic acids is 1. The molecule has 2 aliphatic heterocycles. The van der Waals surface area contributed by atoms with Gasteiger partial charge in [0.05, 0.1) is 16.1 Å². The second-order valence-electron chi connectivity index (χ2n) is 5.65. The molecule has 5 nitrogen and oxygen atoms in total. The van der Waals surface area contributed by atoms with Gasteiger partial charge in [0, 0.05) is 44.7 Å². The second-order valence-corrected chi connectivity index (χ2v) is 6.51. The summed E-state index contributed by atoms with van der Waals surface area (Å²) in [5.74, 6) is 0.266. The molecule has 1 aromatic heterocycles. The smallest absolute Gasteiger partial charge is 0.225 e. The Labute approximate surface area is 133 Å². The third kappa shape index (κ3) is 3.55. The number of ether oxygens (including phenoxy) is 1. The standard InChI is InChI=1S/C15H20BrN3O2/c16-13-9-17-5-1-14(13)19-6-2-11(10-19)15(20)18-12-3-7-21-8-4-12/h1,5,9,11-12H,2-4,6-8,10H2,(H,18,20). The van der Waals surface area contributed by atoms with Gasteiger partial charge in [-0.2, -0.15) is 0 Å². The van der Waals surface area contributed by atoms with Gasteiger partial charge < -0.3 is 15.0 Å². The number of nitrogens with one attached hydrogen (secondary N) is 1. The summed E-state index contributed by atoms with van der Waals surface area (Å²) in [6, 6.07) is 2.27. The second kappa shape index (κ2) is 6.75. The number of halogens is 1. The van der Waals surface area contributed by atoms with E-state index >= 15 is 0 Å². The summed E-state index contributed by atoms with van der Waals surface area (Å²) >= 11 is 3.52. The molecule has 0 radical (unpaired) electrons. The lowest BCUT2D eigenvalue weighted by Gasteiger charge is -2.25. The number of hydrogen-bond acceptors (Lipinski definition) is 4. The van der Waals surface area contributed by atoms with Crippen molar-refractivity contribution in [3.8, 4) is 0 Å². The van der Waals surface area contributed by atoms with Crippen LogP contribution < -0.4 is 10.2 Å². The number of rotatable bonds is 3. The average molecular weight is 354 g/mol. The Morgan fingerprint density at radius 2 is 2.19 bits per heavy atom. The van der Waals surface area contributed by atoms with E-state index in [1.165, 1.54) is 0 Å². The van der Waals surface area contributed by atoms with E-state index in [2.05, 4.69) is 31.1 Å². The molecule has 3 heterocycles. The molecule has 1 atom stereocenters. The van der Waals surface area contributed by atoms with Gasteiger partial charge in [-0.15, -0.1) is 0 Å². The van der Waals surface area contributed by atoms with Gasteiger partial charge in [-0.3, -0.25) is 9.78 Å². The number of aromatic nitrogens is 1. The predicted octanol–water partition coefficient (Wildman–Crippen LogP) is 1.97. The molecule has 0 aliphatic carbocycles. The van der Waals surface area contributed by atoms with Gasteiger partial charge >= 0.3 is 0 Å². The molecule has 2 fully saturated rings. The average Bonchev–Trinajstić information content (AvgIpc) is 2.98. The van der Waals surface area contributed by atoms with E-state index < -0.39 is 0 Å². The number of anilines is 1. The quantitative estimate of drug-likeness (QED) is 0.902. The van der Waals surface area contributed by atoms with Gasteiger partial charge in [-0.25, -0.2) is 0 Å². The van der Waals surface area contributed by atoms with Crippen LogP contribution in [0.1, 0.15) is 19.3 Å². The molecule has 1 N–H and O–H groups in total. The zero-order chi connectivity index (χ0) is 14.7. The lowest BCUT2D eigenvalue weighted by molar-refractivity contribution is -0.125. The minimum Gasteiger partial charge on any atom is -0.381 e. The number of nitrogens with zero attached hydrogens (tertiary/aromatic N) is 2. The summed E-state index contributed by atoms with van der Waals surface area (Å²) in [4.78, 5) is 18.7. The van der Waals surface area contributed by atoms with Crippen molar-refractivity contribution < 1.29 is 9.53 Å². The van der Waals surface area contributed by atoms with Crippen LogP contribution in [-0.2, 0) is 9.53 Å². The van der Waals surface area contributed by atoms with Crippen LogP contribution in [0.3, 0.4) is 0 Å². The van der Waals surface area contributed by atoms with Crippen molar-refractivity contribution in [1.29, 1.82) is 0 Å². The Hall–Kier alpha value is -1.14. The van der Waals surface area contributed by atoms with Crippen molar-refractivity contribution in [2.75, 3.05) is 31.2 Å². The van der Waals surface area contributed by atoms with Crippen LogP contribution in [0, 0.1) is 5.92 Å². The molecule has 6 heteroatoms. The zero-order valence-electron chi connectivity index (χ0n) is 11.9. The third-order valence-electron chi connectivity index (χ3n) is 4.22. The molecule has 0 bridgehead atoms. The van der Waals surface area contributed by atoms with Gasteiger partial charge in [0.25, 0.3) is 0 Å². The SMILES string of the molecule is O=C(NC1CCOCC1)C1CCN(c2ccncc2Br)C1. The van der Waals surface area contributed by atoms with Gasteiger partial charge in [0.15, 0.2) is 0 Å². The first-order chi connectivity index (χ1) is 10.2. The van der Waals surface area contributed by atoms with Crippen molar-refractivity contribution >= 4 is 27.5 Å². The Bertz CT molecular complexity index is 505. The van der Waals surface area contributed by atoms with Crippen molar-refractivity contribution in [2.45, 2.75) is 25.3 Å². The molecule has 3 rings (SSSR count). The molecule has 0 spiro atoms. The number of pyridine rings is 1. The molecular formula is C15H20BrN3O2. The molecule has 1 unspecified atom stereocenters. The van der Waals surface area contributed by atoms with Crippen molar-refractivity contribution in [3.05, 3.63) is 22.9 Å². The minimum atomic E-state index is 0.0768. The number of carbonyl (C=O) groups is 1. The van der Waals surface area contributed by atoms with Crippen LogP contribution in [0.2, 0.25) is 0 Å². The lowest BCUT2D eigenvalue weighted by Crippen LogP contribution is -2.42. The van der Waals surface area contributed by atoms with E-state index in [-0.39, 0.29) is 17.9 Å². The molecule has 2 saturated heterocycles. The Kier molecular flexibility index (Phi) is 4.75. The Morgan fingerprint density at radius 1 is 1.38 bits per heavy atom. The van der Waals surface area contributed by atoms with Crippen LogP contribution in [-0.4, -0.2) is 43.2 Å². The van der Waals surface area contributed by atoms with Crippen molar-refractivity contribution in [3.63, 3.8) is 0 Å². The normalized spacial score (nSPS) is 23.3. The number of amides is 1. The van der Waals surface area contributed by atoms with E-state index in [1.54, 1.807) is 12.4 Å². The summed E-state index contributed by atoms with van der Waals surface area (Å²) in [7, 11) is 0. The van der Waals surface area contributed by atoms with E-state index in [4.69, 9.17) is 4.74 Å².